The molecule has 0 aliphatic carbocycles. The van der Waals surface area contributed by atoms with E-state index in [1.54, 1.807) is 4.68 Å². The van der Waals surface area contributed by atoms with E-state index in [0.717, 1.165) is 21.4 Å². The maximum Gasteiger partial charge on any atom is 0.303 e. The minimum atomic E-state index is -0.814. The van der Waals surface area contributed by atoms with E-state index in [9.17, 15) is 4.79 Å². The summed E-state index contributed by atoms with van der Waals surface area (Å²) in [7, 11) is 1.84. The predicted octanol–water partition coefficient (Wildman–Crippen LogP) is 2.19. The molecule has 2 aromatic rings. The number of H-pyrrole nitrogens is 1. The number of carboxylic acid groups (broad SMARTS) is 1. The van der Waals surface area contributed by atoms with Gasteiger partial charge < -0.3 is 10.1 Å². The second-order valence-electron chi connectivity index (χ2n) is 3.73. The lowest BCUT2D eigenvalue weighted by atomic mass is 10.2. The summed E-state index contributed by atoms with van der Waals surface area (Å²) in [5.74, 6) is -0.814. The van der Waals surface area contributed by atoms with Crippen LogP contribution in [-0.4, -0.2) is 25.8 Å². The van der Waals surface area contributed by atoms with Gasteiger partial charge in [-0.2, -0.15) is 5.10 Å². The first-order valence-electron chi connectivity index (χ1n) is 5.16. The van der Waals surface area contributed by atoms with E-state index in [-0.39, 0.29) is 6.42 Å². The van der Waals surface area contributed by atoms with E-state index >= 15 is 0 Å². The summed E-state index contributed by atoms with van der Waals surface area (Å²) in [5.41, 5.74) is 2.74. The van der Waals surface area contributed by atoms with E-state index < -0.39 is 5.97 Å². The Labute approximate surface area is 107 Å². The van der Waals surface area contributed by atoms with E-state index in [4.69, 9.17) is 5.11 Å². The summed E-state index contributed by atoms with van der Waals surface area (Å²) >= 11 is 3.48. The van der Waals surface area contributed by atoms with Crippen LogP contribution >= 0.6 is 15.9 Å². The number of nitrogens with one attached hydrogen (secondary N) is 1. The SMILES string of the molecule is Cn1nc(CCC(=O)O)c(Br)c1-c1cc[nH]c1. The highest BCUT2D eigenvalue weighted by atomic mass is 79.9. The molecule has 6 heteroatoms. The van der Waals surface area contributed by atoms with Crippen molar-refractivity contribution in [1.82, 2.24) is 14.8 Å². The molecule has 0 aliphatic heterocycles. The van der Waals surface area contributed by atoms with Crippen LogP contribution in [0.25, 0.3) is 11.3 Å². The Morgan fingerprint density at radius 1 is 1.65 bits per heavy atom. The molecule has 2 rings (SSSR count). The Morgan fingerprint density at radius 2 is 2.41 bits per heavy atom. The first-order chi connectivity index (χ1) is 8.09. The number of rotatable bonds is 4. The van der Waals surface area contributed by atoms with Gasteiger partial charge in [0, 0.05) is 31.4 Å². The molecule has 0 aliphatic rings. The van der Waals surface area contributed by atoms with Gasteiger partial charge >= 0.3 is 5.97 Å². The van der Waals surface area contributed by atoms with Crippen LogP contribution < -0.4 is 0 Å². The number of hydrogen-bond donors (Lipinski definition) is 2. The van der Waals surface area contributed by atoms with Gasteiger partial charge in [0.2, 0.25) is 0 Å². The fraction of sp³-hybridized carbons (Fsp3) is 0.273. The molecule has 0 bridgehead atoms. The molecular formula is C11H12BrN3O2. The maximum absolute atomic E-state index is 10.5. The van der Waals surface area contributed by atoms with Crippen LogP contribution in [0.1, 0.15) is 12.1 Å². The van der Waals surface area contributed by atoms with Gasteiger partial charge in [-0.25, -0.2) is 0 Å². The van der Waals surface area contributed by atoms with Crippen LogP contribution in [0.15, 0.2) is 22.9 Å². The molecular weight excluding hydrogens is 286 g/mol. The van der Waals surface area contributed by atoms with Crippen molar-refractivity contribution >= 4 is 21.9 Å². The number of aryl methyl sites for hydroxylation is 2. The molecule has 2 N–H and O–H groups in total. The van der Waals surface area contributed by atoms with Crippen LogP contribution in [0.4, 0.5) is 0 Å². The lowest BCUT2D eigenvalue weighted by Crippen LogP contribution is -1.99. The third kappa shape index (κ3) is 2.41. The van der Waals surface area contributed by atoms with Crippen molar-refractivity contribution in [3.63, 3.8) is 0 Å². The lowest BCUT2D eigenvalue weighted by Gasteiger charge is -1.98. The van der Waals surface area contributed by atoms with Gasteiger partial charge in [0.25, 0.3) is 0 Å². The Morgan fingerprint density at radius 3 is 3.00 bits per heavy atom. The monoisotopic (exact) mass is 297 g/mol. The maximum atomic E-state index is 10.5. The van der Waals surface area contributed by atoms with E-state index in [2.05, 4.69) is 26.0 Å². The number of hydrogen-bond acceptors (Lipinski definition) is 2. The molecule has 0 saturated carbocycles. The minimum Gasteiger partial charge on any atom is -0.481 e. The van der Waals surface area contributed by atoms with Crippen LogP contribution in [0, 0.1) is 0 Å². The Hall–Kier alpha value is -1.56. The largest absolute Gasteiger partial charge is 0.481 e. The summed E-state index contributed by atoms with van der Waals surface area (Å²) in [6.07, 6.45) is 4.23. The standard InChI is InChI=1S/C11H12BrN3O2/c1-15-11(7-4-5-13-6-7)10(12)8(14-15)2-3-9(16)17/h4-6,13H,2-3H2,1H3,(H,16,17). The fourth-order valence-corrected chi connectivity index (χ4v) is 2.49. The van der Waals surface area contributed by atoms with Gasteiger partial charge in [0.15, 0.2) is 0 Å². The number of carbonyl (C=O) groups is 1. The van der Waals surface area contributed by atoms with E-state index in [1.165, 1.54) is 0 Å². The van der Waals surface area contributed by atoms with Crippen LogP contribution in [0.5, 0.6) is 0 Å². The summed E-state index contributed by atoms with van der Waals surface area (Å²) in [6.45, 7) is 0. The Kier molecular flexibility index (Phi) is 3.33. The molecule has 0 fully saturated rings. The van der Waals surface area contributed by atoms with Crippen molar-refractivity contribution in [3.8, 4) is 11.3 Å². The van der Waals surface area contributed by atoms with Crippen LogP contribution in [0.2, 0.25) is 0 Å². The van der Waals surface area contributed by atoms with Gasteiger partial charge in [-0.1, -0.05) is 0 Å². The highest BCUT2D eigenvalue weighted by molar-refractivity contribution is 9.10. The predicted molar refractivity (Wildman–Crippen MR) is 66.7 cm³/mol. The highest BCUT2D eigenvalue weighted by Gasteiger charge is 2.16. The molecule has 0 amide bonds. The van der Waals surface area contributed by atoms with Crippen molar-refractivity contribution in [2.24, 2.45) is 7.05 Å². The zero-order valence-electron chi connectivity index (χ0n) is 9.27. The van der Waals surface area contributed by atoms with Crippen molar-refractivity contribution in [1.29, 1.82) is 0 Å². The summed E-state index contributed by atoms with van der Waals surface area (Å²) in [5, 5.41) is 13.0. The Bertz CT molecular complexity index is 531. The molecule has 17 heavy (non-hydrogen) atoms. The average Bonchev–Trinajstić information content (AvgIpc) is 2.84. The second-order valence-corrected chi connectivity index (χ2v) is 4.52. The zero-order chi connectivity index (χ0) is 12.4. The lowest BCUT2D eigenvalue weighted by molar-refractivity contribution is -0.136. The topological polar surface area (TPSA) is 70.9 Å². The number of carboxylic acids is 1. The average molecular weight is 298 g/mol. The second kappa shape index (κ2) is 4.75. The first kappa shape index (κ1) is 11.9. The molecule has 0 unspecified atom stereocenters. The number of nitrogens with zero attached hydrogens (tertiary/aromatic N) is 2. The number of halogens is 1. The van der Waals surface area contributed by atoms with Crippen molar-refractivity contribution in [2.75, 3.05) is 0 Å². The highest BCUT2D eigenvalue weighted by Crippen LogP contribution is 2.30. The third-order valence-electron chi connectivity index (χ3n) is 2.50. The van der Waals surface area contributed by atoms with Crippen LogP contribution in [-0.2, 0) is 18.3 Å². The van der Waals surface area contributed by atoms with Crippen molar-refractivity contribution in [2.45, 2.75) is 12.8 Å². The van der Waals surface area contributed by atoms with Gasteiger partial charge in [0.05, 0.1) is 22.3 Å². The fourth-order valence-electron chi connectivity index (χ4n) is 1.72. The number of aliphatic carboxylic acids is 1. The molecule has 0 spiro atoms. The molecule has 0 saturated heterocycles. The van der Waals surface area contributed by atoms with Gasteiger partial charge in [-0.3, -0.25) is 9.48 Å². The van der Waals surface area contributed by atoms with E-state index in [1.807, 2.05) is 25.5 Å². The summed E-state index contributed by atoms with van der Waals surface area (Å²) in [6, 6.07) is 1.95. The smallest absolute Gasteiger partial charge is 0.303 e. The van der Waals surface area contributed by atoms with Crippen molar-refractivity contribution < 1.29 is 9.90 Å². The van der Waals surface area contributed by atoms with Gasteiger partial charge in [0.1, 0.15) is 0 Å². The molecule has 90 valence electrons. The number of aromatic nitrogens is 3. The molecule has 2 heterocycles. The van der Waals surface area contributed by atoms with Crippen molar-refractivity contribution in [3.05, 3.63) is 28.6 Å². The molecule has 0 atom stereocenters. The molecule has 0 aromatic carbocycles. The zero-order valence-corrected chi connectivity index (χ0v) is 10.9. The Balaban J connectivity index is 2.32. The normalized spacial score (nSPS) is 10.7. The summed E-state index contributed by atoms with van der Waals surface area (Å²) in [4.78, 5) is 13.5. The molecule has 2 aromatic heterocycles. The van der Waals surface area contributed by atoms with E-state index in [0.29, 0.717) is 6.42 Å². The van der Waals surface area contributed by atoms with Crippen LogP contribution in [0.3, 0.4) is 0 Å². The molecule has 5 nitrogen and oxygen atoms in total. The molecule has 0 radical (unpaired) electrons. The quantitative estimate of drug-likeness (QED) is 0.909. The third-order valence-corrected chi connectivity index (χ3v) is 3.34. The van der Waals surface area contributed by atoms with Gasteiger partial charge in [-0.15, -0.1) is 0 Å². The number of aromatic amines is 1. The van der Waals surface area contributed by atoms with Gasteiger partial charge in [-0.05, 0) is 22.0 Å². The first-order valence-corrected chi connectivity index (χ1v) is 5.95. The summed E-state index contributed by atoms with van der Waals surface area (Å²) < 4.78 is 2.62. The minimum absolute atomic E-state index is 0.0855.